The Hall–Kier alpha value is -1.55. The van der Waals surface area contributed by atoms with Crippen LogP contribution in [0, 0.1) is 0 Å². The maximum absolute atomic E-state index is 12.5. The number of aryl methyl sites for hydroxylation is 1. The van der Waals surface area contributed by atoms with Gasteiger partial charge < -0.3 is 10.1 Å². The van der Waals surface area contributed by atoms with E-state index in [-0.39, 0.29) is 30.6 Å². The van der Waals surface area contributed by atoms with Gasteiger partial charge in [-0.1, -0.05) is 18.2 Å². The second-order valence-electron chi connectivity index (χ2n) is 6.92. The summed E-state index contributed by atoms with van der Waals surface area (Å²) in [5.41, 5.74) is 9.47. The molecule has 8 nitrogen and oxygen atoms in total. The van der Waals surface area contributed by atoms with Gasteiger partial charge >= 0.3 is 0 Å². The molecule has 2 fully saturated rings. The lowest BCUT2D eigenvalue weighted by Gasteiger charge is -2.18. The molecule has 1 aliphatic carbocycles. The highest BCUT2D eigenvalue weighted by Crippen LogP contribution is 2.33. The molecule has 4 N–H and O–H groups in total. The molecule has 136 valence electrons. The Labute approximate surface area is 147 Å². The number of hydrogen-bond donors (Lipinski definition) is 4. The van der Waals surface area contributed by atoms with E-state index in [1.165, 1.54) is 11.1 Å². The molecule has 2 saturated heterocycles. The molecule has 25 heavy (non-hydrogen) atoms. The number of rotatable bonds is 3. The van der Waals surface area contributed by atoms with E-state index in [1.54, 1.807) is 5.01 Å². The van der Waals surface area contributed by atoms with Gasteiger partial charge in [-0.15, -0.1) is 0 Å². The van der Waals surface area contributed by atoms with Crippen molar-refractivity contribution >= 4 is 5.91 Å². The van der Waals surface area contributed by atoms with Crippen molar-refractivity contribution < 1.29 is 14.4 Å². The van der Waals surface area contributed by atoms with E-state index in [0.717, 1.165) is 18.4 Å². The maximum Gasteiger partial charge on any atom is 0.266 e. The first kappa shape index (κ1) is 16.9. The molecule has 0 saturated carbocycles. The summed E-state index contributed by atoms with van der Waals surface area (Å²) in [6.07, 6.45) is 1.08. The van der Waals surface area contributed by atoms with Crippen LogP contribution in [0.3, 0.4) is 0 Å². The molecule has 1 aromatic rings. The molecule has 4 rings (SSSR count). The van der Waals surface area contributed by atoms with Crippen LogP contribution in [0.25, 0.3) is 0 Å². The minimum atomic E-state index is -0.632. The molecular formula is C17H25N5O3. The van der Waals surface area contributed by atoms with Gasteiger partial charge in [-0.05, 0) is 43.4 Å². The standard InChI is InChI=1S/C17H25N5O3/c1-9-18-16(25-21-9)12-4-6-13-11(8-12)5-7-14(13)19-15(23)17-20-22(3)10(2)24-17/h4,6,8-10,14,16-18,20-21H,5,7H2,1-3H3,(H,19,23)/t9?,10?,14-,16?,17?/m1/s1. The summed E-state index contributed by atoms with van der Waals surface area (Å²) in [5, 5.41) is 8.21. The van der Waals surface area contributed by atoms with Crippen LogP contribution in [0.15, 0.2) is 18.2 Å². The highest BCUT2D eigenvalue weighted by atomic mass is 16.7. The predicted octanol–water partition coefficient (Wildman–Crippen LogP) is 0.398. The Bertz CT molecular complexity index is 660. The zero-order valence-electron chi connectivity index (χ0n) is 14.7. The van der Waals surface area contributed by atoms with Gasteiger partial charge in [-0.2, -0.15) is 5.48 Å². The van der Waals surface area contributed by atoms with Gasteiger partial charge in [-0.25, -0.2) is 10.4 Å². The van der Waals surface area contributed by atoms with Crippen molar-refractivity contribution in [2.75, 3.05) is 7.05 Å². The number of ether oxygens (including phenoxy) is 1. The molecule has 1 amide bonds. The zero-order chi connectivity index (χ0) is 17.6. The fourth-order valence-electron chi connectivity index (χ4n) is 3.56. The van der Waals surface area contributed by atoms with Crippen molar-refractivity contribution in [3.63, 3.8) is 0 Å². The Kier molecular flexibility index (Phi) is 4.48. The average Bonchev–Trinajstić information content (AvgIpc) is 3.28. The van der Waals surface area contributed by atoms with Crippen molar-refractivity contribution in [2.24, 2.45) is 0 Å². The number of benzene rings is 1. The first-order chi connectivity index (χ1) is 12.0. The Balaban J connectivity index is 1.42. The Morgan fingerprint density at radius 3 is 2.88 bits per heavy atom. The number of hydrazine groups is 1. The fourth-order valence-corrected chi connectivity index (χ4v) is 3.56. The van der Waals surface area contributed by atoms with Gasteiger partial charge in [0.25, 0.3) is 5.91 Å². The second-order valence-corrected chi connectivity index (χ2v) is 6.92. The number of nitrogens with one attached hydrogen (secondary N) is 4. The Morgan fingerprint density at radius 1 is 1.36 bits per heavy atom. The van der Waals surface area contributed by atoms with Crippen LogP contribution in [0.2, 0.25) is 0 Å². The fraction of sp³-hybridized carbons (Fsp3) is 0.588. The number of carbonyl (C=O) groups excluding carboxylic acids is 1. The summed E-state index contributed by atoms with van der Waals surface area (Å²) < 4.78 is 5.60. The number of hydroxylamine groups is 1. The van der Waals surface area contributed by atoms with Crippen LogP contribution in [-0.4, -0.2) is 36.6 Å². The third-order valence-corrected chi connectivity index (χ3v) is 5.07. The highest BCUT2D eigenvalue weighted by molar-refractivity contribution is 5.81. The molecule has 3 aliphatic rings. The van der Waals surface area contributed by atoms with Gasteiger partial charge in [0.15, 0.2) is 6.23 Å². The van der Waals surface area contributed by atoms with E-state index in [9.17, 15) is 4.79 Å². The predicted molar refractivity (Wildman–Crippen MR) is 90.4 cm³/mol. The van der Waals surface area contributed by atoms with Crippen molar-refractivity contribution in [1.29, 1.82) is 0 Å². The SMILES string of the molecule is CC1NOC(c2ccc3c(c2)CC[C@H]3NC(=O)C2NN(C)C(C)O2)N1. The summed E-state index contributed by atoms with van der Waals surface area (Å²) in [6, 6.07) is 6.34. The van der Waals surface area contributed by atoms with E-state index < -0.39 is 6.23 Å². The minimum Gasteiger partial charge on any atom is -0.346 e. The molecule has 8 heteroatoms. The number of nitrogens with zero attached hydrogens (tertiary/aromatic N) is 1. The smallest absolute Gasteiger partial charge is 0.266 e. The molecule has 0 bridgehead atoms. The topological polar surface area (TPSA) is 86.9 Å². The highest BCUT2D eigenvalue weighted by Gasteiger charge is 2.34. The molecule has 4 unspecified atom stereocenters. The lowest BCUT2D eigenvalue weighted by Crippen LogP contribution is -2.45. The number of hydrogen-bond acceptors (Lipinski definition) is 7. The molecule has 5 atom stereocenters. The molecular weight excluding hydrogens is 322 g/mol. The maximum atomic E-state index is 12.5. The van der Waals surface area contributed by atoms with Crippen molar-refractivity contribution in [2.45, 2.75) is 57.6 Å². The van der Waals surface area contributed by atoms with E-state index in [4.69, 9.17) is 9.57 Å². The number of fused-ring (bicyclic) bond motifs is 1. The van der Waals surface area contributed by atoms with Gasteiger partial charge in [0.1, 0.15) is 6.23 Å². The summed E-state index contributed by atoms with van der Waals surface area (Å²) in [7, 11) is 1.86. The normalized spacial score (nSPS) is 35.1. The zero-order valence-corrected chi connectivity index (χ0v) is 14.7. The molecule has 2 heterocycles. The van der Waals surface area contributed by atoms with Gasteiger partial charge in [0, 0.05) is 7.05 Å². The number of carbonyl (C=O) groups is 1. The van der Waals surface area contributed by atoms with Crippen LogP contribution in [0.1, 0.15) is 49.2 Å². The first-order valence-corrected chi connectivity index (χ1v) is 8.76. The summed E-state index contributed by atoms with van der Waals surface area (Å²) in [5.74, 6) is -0.128. The summed E-state index contributed by atoms with van der Waals surface area (Å²) in [4.78, 5) is 18.0. The van der Waals surface area contributed by atoms with Crippen LogP contribution >= 0.6 is 0 Å². The lowest BCUT2D eigenvalue weighted by atomic mass is 10.0. The quantitative estimate of drug-likeness (QED) is 0.630. The third kappa shape index (κ3) is 3.29. The van der Waals surface area contributed by atoms with Crippen molar-refractivity contribution in [1.82, 2.24) is 26.5 Å². The molecule has 1 aromatic carbocycles. The third-order valence-electron chi connectivity index (χ3n) is 5.07. The lowest BCUT2D eigenvalue weighted by molar-refractivity contribution is -0.133. The van der Waals surface area contributed by atoms with E-state index in [1.807, 2.05) is 20.9 Å². The molecule has 0 aromatic heterocycles. The van der Waals surface area contributed by atoms with Crippen LogP contribution in [-0.2, 0) is 20.8 Å². The molecule has 0 spiro atoms. The number of amides is 1. The Morgan fingerprint density at radius 2 is 2.20 bits per heavy atom. The second kappa shape index (κ2) is 6.64. The minimum absolute atomic E-state index is 0.0256. The molecule has 2 aliphatic heterocycles. The monoisotopic (exact) mass is 347 g/mol. The summed E-state index contributed by atoms with van der Waals surface area (Å²) in [6.45, 7) is 3.91. The van der Waals surface area contributed by atoms with Gasteiger partial charge in [-0.3, -0.25) is 14.9 Å². The van der Waals surface area contributed by atoms with Crippen LogP contribution in [0.4, 0.5) is 0 Å². The van der Waals surface area contributed by atoms with Gasteiger partial charge in [0.2, 0.25) is 6.23 Å². The van der Waals surface area contributed by atoms with Crippen LogP contribution < -0.4 is 21.5 Å². The first-order valence-electron chi connectivity index (χ1n) is 8.76. The van der Waals surface area contributed by atoms with Crippen LogP contribution in [0.5, 0.6) is 0 Å². The van der Waals surface area contributed by atoms with Gasteiger partial charge in [0.05, 0.1) is 12.2 Å². The van der Waals surface area contributed by atoms with Crippen molar-refractivity contribution in [3.8, 4) is 0 Å². The average molecular weight is 347 g/mol. The van der Waals surface area contributed by atoms with Crippen molar-refractivity contribution in [3.05, 3.63) is 34.9 Å². The summed E-state index contributed by atoms with van der Waals surface area (Å²) >= 11 is 0. The molecule has 0 radical (unpaired) electrons. The van der Waals surface area contributed by atoms with E-state index in [0.29, 0.717) is 0 Å². The van der Waals surface area contributed by atoms with E-state index >= 15 is 0 Å². The van der Waals surface area contributed by atoms with E-state index in [2.05, 4.69) is 39.7 Å². The largest absolute Gasteiger partial charge is 0.346 e.